The summed E-state index contributed by atoms with van der Waals surface area (Å²) in [7, 11) is 3.33. The van der Waals surface area contributed by atoms with Crippen LogP contribution in [-0.4, -0.2) is 80.2 Å². The number of amides is 4. The first-order valence-corrected chi connectivity index (χ1v) is 11.6. The maximum atomic E-state index is 13.3. The molecule has 9 nitrogen and oxygen atoms in total. The number of urea groups is 1. The van der Waals surface area contributed by atoms with Gasteiger partial charge in [0.1, 0.15) is 12.4 Å². The molecule has 184 valence electrons. The highest BCUT2D eigenvalue weighted by atomic mass is 16.5. The smallest absolute Gasteiger partial charge is 0.319 e. The van der Waals surface area contributed by atoms with E-state index in [1.165, 1.54) is 0 Å². The Kier molecular flexibility index (Phi) is 9.96. The summed E-state index contributed by atoms with van der Waals surface area (Å²) in [6, 6.07) is 4.48. The second kappa shape index (κ2) is 12.4. The van der Waals surface area contributed by atoms with Crippen molar-refractivity contribution in [3.63, 3.8) is 0 Å². The largest absolute Gasteiger partial charge is 0.491 e. The molecular formula is C24H38N4O5. The standard InChI is InChI=1S/C24H38N4O5/c1-7-11-25-24(31)26-18-9-10-20-19(12-18)23(30)27(5)14-21(32-6)16(3)13-28(22(29)8-2)17(4)15-33-20/h9-10,12,16-17,21H,7-8,11,13-15H2,1-6H3,(H2,25,26,31)/t16-,17-,21-/m0/s1. The van der Waals surface area contributed by atoms with Crippen LogP contribution < -0.4 is 15.4 Å². The second-order valence-electron chi connectivity index (χ2n) is 8.59. The summed E-state index contributed by atoms with van der Waals surface area (Å²) in [6.45, 7) is 9.44. The molecule has 0 bridgehead atoms. The van der Waals surface area contributed by atoms with Gasteiger partial charge < -0.3 is 29.9 Å². The molecule has 9 heteroatoms. The number of carbonyl (C=O) groups is 3. The topological polar surface area (TPSA) is 100 Å². The molecule has 1 aromatic carbocycles. The number of carbonyl (C=O) groups excluding carboxylic acids is 3. The monoisotopic (exact) mass is 462 g/mol. The molecule has 1 aromatic rings. The first kappa shape index (κ1) is 26.4. The molecule has 1 aliphatic rings. The Balaban J connectivity index is 2.39. The molecule has 0 aliphatic carbocycles. The molecule has 0 unspecified atom stereocenters. The van der Waals surface area contributed by atoms with Gasteiger partial charge in [-0.05, 0) is 31.5 Å². The lowest BCUT2D eigenvalue weighted by molar-refractivity contribution is -0.135. The third-order valence-corrected chi connectivity index (χ3v) is 5.86. The number of fused-ring (bicyclic) bond motifs is 1. The molecule has 0 spiro atoms. The Morgan fingerprint density at radius 2 is 1.94 bits per heavy atom. The summed E-state index contributed by atoms with van der Waals surface area (Å²) in [5.41, 5.74) is 0.835. The summed E-state index contributed by atoms with van der Waals surface area (Å²) in [5, 5.41) is 5.51. The van der Waals surface area contributed by atoms with Crippen molar-refractivity contribution in [3.8, 4) is 5.75 Å². The first-order chi connectivity index (χ1) is 15.7. The van der Waals surface area contributed by atoms with Gasteiger partial charge in [-0.2, -0.15) is 0 Å². The minimum atomic E-state index is -0.331. The second-order valence-corrected chi connectivity index (χ2v) is 8.59. The van der Waals surface area contributed by atoms with E-state index in [1.807, 2.05) is 32.6 Å². The zero-order chi connectivity index (χ0) is 24.5. The van der Waals surface area contributed by atoms with Gasteiger partial charge in [0.25, 0.3) is 5.91 Å². The van der Waals surface area contributed by atoms with Crippen LogP contribution in [0.3, 0.4) is 0 Å². The third-order valence-electron chi connectivity index (χ3n) is 5.86. The molecule has 0 fully saturated rings. The van der Waals surface area contributed by atoms with E-state index in [1.54, 1.807) is 37.3 Å². The number of methoxy groups -OCH3 is 1. The summed E-state index contributed by atoms with van der Waals surface area (Å²) in [5.74, 6) is 0.237. The van der Waals surface area contributed by atoms with Gasteiger partial charge in [0.15, 0.2) is 0 Å². The lowest BCUT2D eigenvalue weighted by Gasteiger charge is -2.36. The molecule has 1 aliphatic heterocycles. The van der Waals surface area contributed by atoms with Gasteiger partial charge in [-0.3, -0.25) is 9.59 Å². The highest BCUT2D eigenvalue weighted by molar-refractivity contribution is 5.99. The molecule has 3 atom stereocenters. The lowest BCUT2D eigenvalue weighted by atomic mass is 10.0. The molecule has 0 radical (unpaired) electrons. The van der Waals surface area contributed by atoms with E-state index in [0.29, 0.717) is 43.1 Å². The SMILES string of the molecule is CCCNC(=O)Nc1ccc2c(c1)C(=O)N(C)C[C@H](OC)[C@@H](C)CN(C(=O)CC)[C@@H](C)CO2. The van der Waals surface area contributed by atoms with Crippen molar-refractivity contribution in [1.29, 1.82) is 0 Å². The van der Waals surface area contributed by atoms with Crippen molar-refractivity contribution < 1.29 is 23.9 Å². The number of hydrogen-bond acceptors (Lipinski definition) is 5. The zero-order valence-corrected chi connectivity index (χ0v) is 20.6. The van der Waals surface area contributed by atoms with Crippen molar-refractivity contribution in [3.05, 3.63) is 23.8 Å². The van der Waals surface area contributed by atoms with Gasteiger partial charge in [-0.1, -0.05) is 20.8 Å². The average Bonchev–Trinajstić information content (AvgIpc) is 2.81. The van der Waals surface area contributed by atoms with Crippen LogP contribution in [0.25, 0.3) is 0 Å². The fraction of sp³-hybridized carbons (Fsp3) is 0.625. The van der Waals surface area contributed by atoms with E-state index >= 15 is 0 Å². The van der Waals surface area contributed by atoms with Gasteiger partial charge in [0.2, 0.25) is 5.91 Å². The van der Waals surface area contributed by atoms with E-state index in [4.69, 9.17) is 9.47 Å². The molecule has 2 N–H and O–H groups in total. The zero-order valence-electron chi connectivity index (χ0n) is 20.6. The Hall–Kier alpha value is -2.81. The summed E-state index contributed by atoms with van der Waals surface area (Å²) < 4.78 is 11.7. The van der Waals surface area contributed by atoms with Crippen molar-refractivity contribution in [2.75, 3.05) is 45.7 Å². The fourth-order valence-electron chi connectivity index (χ4n) is 3.82. The lowest BCUT2D eigenvalue weighted by Crippen LogP contribution is -2.48. The van der Waals surface area contributed by atoms with Gasteiger partial charge in [-0.25, -0.2) is 4.79 Å². The minimum Gasteiger partial charge on any atom is -0.491 e. The van der Waals surface area contributed by atoms with E-state index in [2.05, 4.69) is 10.6 Å². The van der Waals surface area contributed by atoms with Crippen LogP contribution in [-0.2, 0) is 9.53 Å². The van der Waals surface area contributed by atoms with E-state index in [-0.39, 0.29) is 42.5 Å². The van der Waals surface area contributed by atoms with Gasteiger partial charge in [0.05, 0.1) is 17.7 Å². The number of nitrogens with zero attached hydrogens (tertiary/aromatic N) is 2. The molecular weight excluding hydrogens is 424 g/mol. The number of ether oxygens (including phenoxy) is 2. The molecule has 4 amide bonds. The molecule has 1 heterocycles. The van der Waals surface area contributed by atoms with Crippen LogP contribution in [0.1, 0.15) is 50.9 Å². The number of nitrogens with one attached hydrogen (secondary N) is 2. The summed E-state index contributed by atoms with van der Waals surface area (Å²) in [4.78, 5) is 41.5. The van der Waals surface area contributed by atoms with E-state index in [9.17, 15) is 14.4 Å². The maximum Gasteiger partial charge on any atom is 0.319 e. The number of benzene rings is 1. The Morgan fingerprint density at radius 1 is 1.21 bits per heavy atom. The fourth-order valence-corrected chi connectivity index (χ4v) is 3.82. The molecule has 2 rings (SSSR count). The van der Waals surface area contributed by atoms with Crippen LogP contribution in [0.15, 0.2) is 18.2 Å². The van der Waals surface area contributed by atoms with Gasteiger partial charge in [-0.15, -0.1) is 0 Å². The highest BCUT2D eigenvalue weighted by Crippen LogP contribution is 2.26. The number of hydrogen-bond donors (Lipinski definition) is 2. The van der Waals surface area contributed by atoms with Gasteiger partial charge in [0, 0.05) is 51.8 Å². The number of likely N-dealkylation sites (N-methyl/N-ethyl adjacent to an activating group) is 1. The molecule has 0 aromatic heterocycles. The van der Waals surface area contributed by atoms with Crippen molar-refractivity contribution >= 4 is 23.5 Å². The average molecular weight is 463 g/mol. The molecule has 0 saturated carbocycles. The van der Waals surface area contributed by atoms with E-state index < -0.39 is 0 Å². The van der Waals surface area contributed by atoms with Crippen LogP contribution in [0.5, 0.6) is 5.75 Å². The minimum absolute atomic E-state index is 0.0114. The third kappa shape index (κ3) is 7.08. The quantitative estimate of drug-likeness (QED) is 0.701. The van der Waals surface area contributed by atoms with Gasteiger partial charge >= 0.3 is 6.03 Å². The normalized spacial score (nSPS) is 21.9. The highest BCUT2D eigenvalue weighted by Gasteiger charge is 2.30. The summed E-state index contributed by atoms with van der Waals surface area (Å²) in [6.07, 6.45) is 0.978. The van der Waals surface area contributed by atoms with Crippen molar-refractivity contribution in [2.45, 2.75) is 52.7 Å². The Bertz CT molecular complexity index is 831. The Labute approximate surface area is 196 Å². The number of anilines is 1. The van der Waals surface area contributed by atoms with Crippen LogP contribution in [0.2, 0.25) is 0 Å². The summed E-state index contributed by atoms with van der Waals surface area (Å²) >= 11 is 0. The number of rotatable bonds is 5. The van der Waals surface area contributed by atoms with Crippen LogP contribution in [0, 0.1) is 5.92 Å². The van der Waals surface area contributed by atoms with E-state index in [0.717, 1.165) is 6.42 Å². The molecule has 33 heavy (non-hydrogen) atoms. The van der Waals surface area contributed by atoms with Crippen LogP contribution >= 0.6 is 0 Å². The van der Waals surface area contributed by atoms with Crippen molar-refractivity contribution in [2.24, 2.45) is 5.92 Å². The first-order valence-electron chi connectivity index (χ1n) is 11.6. The maximum absolute atomic E-state index is 13.3. The Morgan fingerprint density at radius 3 is 2.58 bits per heavy atom. The van der Waals surface area contributed by atoms with Crippen molar-refractivity contribution in [1.82, 2.24) is 15.1 Å². The molecule has 0 saturated heterocycles. The van der Waals surface area contributed by atoms with Crippen LogP contribution in [0.4, 0.5) is 10.5 Å². The predicted octanol–water partition coefficient (Wildman–Crippen LogP) is 2.96. The predicted molar refractivity (Wildman–Crippen MR) is 128 cm³/mol.